The highest BCUT2D eigenvalue weighted by molar-refractivity contribution is 5.90. The van der Waals surface area contributed by atoms with Gasteiger partial charge in [0.1, 0.15) is 11.6 Å². The van der Waals surface area contributed by atoms with Crippen molar-refractivity contribution in [3.05, 3.63) is 83.5 Å². The molecule has 5 nitrogen and oxygen atoms in total. The van der Waals surface area contributed by atoms with Crippen LogP contribution in [0.5, 0.6) is 0 Å². The Labute approximate surface area is 248 Å². The maximum absolute atomic E-state index is 16.0. The van der Waals surface area contributed by atoms with E-state index in [0.29, 0.717) is 17.5 Å². The second-order valence-electron chi connectivity index (χ2n) is 11.1. The molecule has 2 aromatic carbocycles. The van der Waals surface area contributed by atoms with Crippen LogP contribution in [-0.4, -0.2) is 30.3 Å². The van der Waals surface area contributed by atoms with Gasteiger partial charge in [0, 0.05) is 17.7 Å². The Balaban J connectivity index is 1.87. The summed E-state index contributed by atoms with van der Waals surface area (Å²) in [7, 11) is 0. The Morgan fingerprint density at radius 3 is 2.29 bits per heavy atom. The first-order chi connectivity index (χ1) is 20.2. The van der Waals surface area contributed by atoms with Crippen molar-refractivity contribution in [2.24, 2.45) is 11.8 Å². The van der Waals surface area contributed by atoms with Gasteiger partial charge in [-0.15, -0.1) is 0 Å². The van der Waals surface area contributed by atoms with E-state index in [1.54, 1.807) is 24.3 Å². The molecule has 1 aliphatic rings. The topological polar surface area (TPSA) is 72.8 Å². The van der Waals surface area contributed by atoms with Crippen molar-refractivity contribution in [1.82, 2.24) is 0 Å². The van der Waals surface area contributed by atoms with Gasteiger partial charge in [-0.3, -0.25) is 4.79 Å². The molecule has 0 saturated carbocycles. The van der Waals surface area contributed by atoms with Crippen LogP contribution in [0.1, 0.15) is 94.5 Å². The average Bonchev–Trinajstić information content (AvgIpc) is 2.99. The van der Waals surface area contributed by atoms with E-state index in [1.165, 1.54) is 50.0 Å². The number of hydrogen-bond donors (Lipinski definition) is 1. The van der Waals surface area contributed by atoms with Gasteiger partial charge < -0.3 is 14.6 Å². The molecular formula is C35H44F2O5. The Bertz CT molecular complexity index is 1250. The summed E-state index contributed by atoms with van der Waals surface area (Å²) in [4.78, 5) is 24.1. The van der Waals surface area contributed by atoms with Crippen molar-refractivity contribution in [2.75, 3.05) is 13.2 Å². The minimum Gasteiger partial charge on any atom is -0.481 e. The number of rotatable bonds is 17. The zero-order valence-electron chi connectivity index (χ0n) is 25.0. The SMILES string of the molecule is CCCCCCCCCCOC1(c2ccccc2-c2ccc(C(=O)OC[C@@H](C)CC)cc2F)C=CC(C(=O)O)C=C1F. The summed E-state index contributed by atoms with van der Waals surface area (Å²) in [5.74, 6) is -4.13. The summed E-state index contributed by atoms with van der Waals surface area (Å²) in [5, 5.41) is 9.48. The van der Waals surface area contributed by atoms with Crippen molar-refractivity contribution >= 4 is 11.9 Å². The molecule has 3 atom stereocenters. The number of hydrogen-bond acceptors (Lipinski definition) is 4. The summed E-state index contributed by atoms with van der Waals surface area (Å²) >= 11 is 0. The summed E-state index contributed by atoms with van der Waals surface area (Å²) in [6.45, 7) is 6.64. The molecule has 0 heterocycles. The molecule has 228 valence electrons. The van der Waals surface area contributed by atoms with Gasteiger partial charge >= 0.3 is 11.9 Å². The largest absolute Gasteiger partial charge is 0.481 e. The van der Waals surface area contributed by atoms with Crippen LogP contribution in [0.2, 0.25) is 0 Å². The van der Waals surface area contributed by atoms with Gasteiger partial charge in [-0.05, 0) is 42.2 Å². The maximum Gasteiger partial charge on any atom is 0.338 e. The molecular weight excluding hydrogens is 538 g/mol. The van der Waals surface area contributed by atoms with Crippen molar-refractivity contribution in [1.29, 1.82) is 0 Å². The van der Waals surface area contributed by atoms with E-state index in [0.717, 1.165) is 37.8 Å². The fourth-order valence-corrected chi connectivity index (χ4v) is 5.01. The minimum absolute atomic E-state index is 0.0885. The van der Waals surface area contributed by atoms with Crippen molar-refractivity contribution in [3.8, 4) is 11.1 Å². The standard InChI is InChI=1S/C35H44F2O5/c1-4-6-7-8-9-10-11-14-21-42-35(20-19-26(33(38)39)23-32(35)37)30-16-13-12-15-28(30)29-18-17-27(22-31(29)36)34(40)41-24-25(3)5-2/h12-13,15-20,22-23,25-26H,4-11,14,21,24H2,1-3H3,(H,38,39)/t25-,26?,35?/m0/s1. The van der Waals surface area contributed by atoms with E-state index >= 15 is 8.78 Å². The smallest absolute Gasteiger partial charge is 0.338 e. The fraction of sp³-hybridized carbons (Fsp3) is 0.486. The number of aliphatic carboxylic acids is 1. The summed E-state index contributed by atoms with van der Waals surface area (Å²) < 4.78 is 43.1. The number of esters is 1. The third kappa shape index (κ3) is 8.60. The van der Waals surface area contributed by atoms with E-state index in [4.69, 9.17) is 9.47 Å². The van der Waals surface area contributed by atoms with Crippen LogP contribution in [0.3, 0.4) is 0 Å². The number of carboxylic acids is 1. The lowest BCUT2D eigenvalue weighted by Gasteiger charge is -2.34. The number of unbranched alkanes of at least 4 members (excludes halogenated alkanes) is 7. The minimum atomic E-state index is -1.70. The van der Waals surface area contributed by atoms with E-state index in [-0.39, 0.29) is 30.3 Å². The molecule has 2 unspecified atom stereocenters. The number of carbonyl (C=O) groups excluding carboxylic acids is 1. The van der Waals surface area contributed by atoms with Crippen molar-refractivity contribution < 1.29 is 33.0 Å². The van der Waals surface area contributed by atoms with Gasteiger partial charge in [-0.1, -0.05) is 109 Å². The third-order valence-corrected chi connectivity index (χ3v) is 7.85. The van der Waals surface area contributed by atoms with Crippen LogP contribution < -0.4 is 0 Å². The maximum atomic E-state index is 16.0. The molecule has 42 heavy (non-hydrogen) atoms. The van der Waals surface area contributed by atoms with E-state index in [2.05, 4.69) is 6.92 Å². The predicted octanol–water partition coefficient (Wildman–Crippen LogP) is 9.17. The van der Waals surface area contributed by atoms with E-state index in [9.17, 15) is 14.7 Å². The van der Waals surface area contributed by atoms with E-state index in [1.807, 2.05) is 13.8 Å². The van der Waals surface area contributed by atoms with Crippen LogP contribution in [0.25, 0.3) is 11.1 Å². The van der Waals surface area contributed by atoms with E-state index < -0.39 is 35.1 Å². The summed E-state index contributed by atoms with van der Waals surface area (Å²) in [6, 6.07) is 10.9. The monoisotopic (exact) mass is 582 g/mol. The zero-order valence-corrected chi connectivity index (χ0v) is 25.0. The molecule has 3 rings (SSSR count). The highest BCUT2D eigenvalue weighted by Crippen LogP contribution is 2.45. The predicted molar refractivity (Wildman–Crippen MR) is 161 cm³/mol. The molecule has 2 aromatic rings. The second-order valence-corrected chi connectivity index (χ2v) is 11.1. The molecule has 1 N–H and O–H groups in total. The Hall–Kier alpha value is -3.32. The number of halogens is 2. The number of ether oxygens (including phenoxy) is 2. The molecule has 0 saturated heterocycles. The molecule has 0 aromatic heterocycles. The van der Waals surface area contributed by atoms with Crippen LogP contribution in [0, 0.1) is 17.7 Å². The van der Waals surface area contributed by atoms with Crippen molar-refractivity contribution in [3.63, 3.8) is 0 Å². The first kappa shape index (κ1) is 33.2. The molecule has 0 bridgehead atoms. The summed E-state index contributed by atoms with van der Waals surface area (Å²) in [5.41, 5.74) is -0.715. The second kappa shape index (κ2) is 16.4. The van der Waals surface area contributed by atoms with Crippen LogP contribution in [0.4, 0.5) is 8.78 Å². The van der Waals surface area contributed by atoms with Crippen LogP contribution in [0.15, 0.2) is 66.5 Å². The Kier molecular flexibility index (Phi) is 12.9. The van der Waals surface area contributed by atoms with Gasteiger partial charge in [-0.25, -0.2) is 13.6 Å². The molecule has 7 heteroatoms. The first-order valence-electron chi connectivity index (χ1n) is 15.2. The molecule has 0 aliphatic heterocycles. The first-order valence-corrected chi connectivity index (χ1v) is 15.2. The average molecular weight is 583 g/mol. The molecule has 1 aliphatic carbocycles. The summed E-state index contributed by atoms with van der Waals surface area (Å²) in [6.07, 6.45) is 13.4. The number of carboxylic acid groups (broad SMARTS) is 1. The number of benzene rings is 2. The lowest BCUT2D eigenvalue weighted by molar-refractivity contribution is -0.138. The number of carbonyl (C=O) groups is 2. The Morgan fingerprint density at radius 1 is 0.952 bits per heavy atom. The Morgan fingerprint density at radius 2 is 1.64 bits per heavy atom. The van der Waals surface area contributed by atoms with Gasteiger partial charge in [-0.2, -0.15) is 0 Å². The van der Waals surface area contributed by atoms with Crippen LogP contribution >= 0.6 is 0 Å². The normalized spacial score (nSPS) is 18.9. The third-order valence-electron chi connectivity index (χ3n) is 7.85. The molecule has 0 spiro atoms. The van der Waals surface area contributed by atoms with Crippen molar-refractivity contribution in [2.45, 2.75) is 84.2 Å². The molecule has 0 fully saturated rings. The lowest BCUT2D eigenvalue weighted by atomic mass is 9.81. The van der Waals surface area contributed by atoms with Gasteiger partial charge in [0.05, 0.1) is 18.1 Å². The fourth-order valence-electron chi connectivity index (χ4n) is 5.01. The van der Waals surface area contributed by atoms with Gasteiger partial charge in [0.25, 0.3) is 0 Å². The van der Waals surface area contributed by atoms with Crippen LogP contribution in [-0.2, 0) is 19.9 Å². The van der Waals surface area contributed by atoms with Gasteiger partial charge in [0.2, 0.25) is 0 Å². The quantitative estimate of drug-likeness (QED) is 0.114. The highest BCUT2D eigenvalue weighted by Gasteiger charge is 2.41. The lowest BCUT2D eigenvalue weighted by Crippen LogP contribution is -2.33. The molecule has 0 radical (unpaired) electrons. The van der Waals surface area contributed by atoms with Gasteiger partial charge in [0.15, 0.2) is 5.60 Å². The zero-order chi connectivity index (χ0) is 30.5. The molecule has 0 amide bonds. The highest BCUT2D eigenvalue weighted by atomic mass is 19.1.